The molecule has 0 fully saturated rings. The molecule has 0 bridgehead atoms. The van der Waals surface area contributed by atoms with Crippen molar-refractivity contribution in [2.75, 3.05) is 17.7 Å². The normalized spacial score (nSPS) is 10.0. The molecule has 0 atom stereocenters. The summed E-state index contributed by atoms with van der Waals surface area (Å²) in [6.07, 6.45) is 0. The molecule has 9 heteroatoms. The van der Waals surface area contributed by atoms with Gasteiger partial charge in [0.1, 0.15) is 5.75 Å². The molecule has 2 aromatic carbocycles. The number of benzene rings is 2. The Morgan fingerprint density at radius 1 is 1.12 bits per heavy atom. The molecule has 0 aromatic heterocycles. The Hall–Kier alpha value is -3.13. The third kappa shape index (κ3) is 4.45. The van der Waals surface area contributed by atoms with Crippen LogP contribution in [0.15, 0.2) is 36.4 Å². The van der Waals surface area contributed by atoms with Gasteiger partial charge in [0, 0.05) is 16.8 Å². The Morgan fingerprint density at radius 3 is 2.40 bits per heavy atom. The van der Waals surface area contributed by atoms with Crippen molar-refractivity contribution in [2.24, 2.45) is 0 Å². The van der Waals surface area contributed by atoms with Crippen molar-refractivity contribution in [3.05, 3.63) is 57.1 Å². The van der Waals surface area contributed by atoms with E-state index in [1.54, 1.807) is 12.1 Å². The lowest BCUT2D eigenvalue weighted by Gasteiger charge is -2.10. The molecule has 2 N–H and O–H groups in total. The molecular weight excluding hydrogens is 350 g/mol. The monoisotopic (exact) mass is 363 g/mol. The van der Waals surface area contributed by atoms with E-state index in [1.807, 2.05) is 6.92 Å². The molecule has 0 heterocycles. The van der Waals surface area contributed by atoms with Gasteiger partial charge in [0.15, 0.2) is 0 Å². The predicted molar refractivity (Wildman–Crippen MR) is 93.1 cm³/mol. The van der Waals surface area contributed by atoms with Crippen LogP contribution >= 0.6 is 11.6 Å². The minimum atomic E-state index is -0.955. The van der Waals surface area contributed by atoms with E-state index in [0.717, 1.165) is 11.6 Å². The summed E-state index contributed by atoms with van der Waals surface area (Å²) in [5, 5.41) is 16.0. The third-order valence-electron chi connectivity index (χ3n) is 3.28. The van der Waals surface area contributed by atoms with Crippen LogP contribution in [0.25, 0.3) is 0 Å². The van der Waals surface area contributed by atoms with Gasteiger partial charge in [-0.2, -0.15) is 0 Å². The first kappa shape index (κ1) is 18.2. The molecule has 0 radical (unpaired) electrons. The smallest absolute Gasteiger partial charge is 0.314 e. The molecule has 2 rings (SSSR count). The number of carbonyl (C=O) groups excluding carboxylic acids is 2. The van der Waals surface area contributed by atoms with E-state index in [1.165, 1.54) is 25.3 Å². The van der Waals surface area contributed by atoms with Crippen LogP contribution in [0.2, 0.25) is 5.02 Å². The number of hydrogen-bond donors (Lipinski definition) is 2. The van der Waals surface area contributed by atoms with Crippen molar-refractivity contribution >= 4 is 40.5 Å². The highest BCUT2D eigenvalue weighted by molar-refractivity contribution is 6.44. The zero-order chi connectivity index (χ0) is 18.6. The number of methoxy groups -OCH3 is 1. The highest BCUT2D eigenvalue weighted by Gasteiger charge is 2.18. The molecule has 0 aliphatic heterocycles. The topological polar surface area (TPSA) is 111 Å². The lowest BCUT2D eigenvalue weighted by Crippen LogP contribution is -2.29. The van der Waals surface area contributed by atoms with E-state index >= 15 is 0 Å². The van der Waals surface area contributed by atoms with Gasteiger partial charge in [0.25, 0.3) is 5.69 Å². The molecule has 0 saturated heterocycles. The molecule has 0 unspecified atom stereocenters. The van der Waals surface area contributed by atoms with E-state index < -0.39 is 16.7 Å². The van der Waals surface area contributed by atoms with Gasteiger partial charge in [-0.3, -0.25) is 19.7 Å². The number of nitro benzene ring substituents is 1. The summed E-state index contributed by atoms with van der Waals surface area (Å²) in [7, 11) is 1.29. The molecule has 8 nitrogen and oxygen atoms in total. The number of amides is 2. The summed E-state index contributed by atoms with van der Waals surface area (Å²) in [6, 6.07) is 8.45. The summed E-state index contributed by atoms with van der Waals surface area (Å²) in [6.45, 7) is 1.81. The van der Waals surface area contributed by atoms with Crippen LogP contribution in [0.3, 0.4) is 0 Å². The molecule has 2 amide bonds. The number of halogens is 1. The Balaban J connectivity index is 2.11. The number of non-ortho nitro benzene ring substituents is 1. The summed E-state index contributed by atoms with van der Waals surface area (Å²) in [4.78, 5) is 34.1. The van der Waals surface area contributed by atoms with Crippen molar-refractivity contribution < 1.29 is 19.2 Å². The highest BCUT2D eigenvalue weighted by atomic mass is 35.5. The van der Waals surface area contributed by atoms with Crippen LogP contribution in [-0.2, 0) is 9.59 Å². The molecule has 0 saturated carbocycles. The number of rotatable bonds is 4. The number of ether oxygens (including phenoxy) is 1. The fourth-order valence-corrected chi connectivity index (χ4v) is 2.11. The fourth-order valence-electron chi connectivity index (χ4n) is 1.93. The van der Waals surface area contributed by atoms with Crippen molar-refractivity contribution in [3.8, 4) is 5.75 Å². The van der Waals surface area contributed by atoms with E-state index in [-0.39, 0.29) is 17.1 Å². The number of nitrogens with zero attached hydrogens (tertiary/aromatic N) is 1. The molecule has 0 aliphatic rings. The largest absolute Gasteiger partial charge is 0.494 e. The van der Waals surface area contributed by atoms with Crippen LogP contribution in [0.1, 0.15) is 5.56 Å². The summed E-state index contributed by atoms with van der Waals surface area (Å²) in [5.74, 6) is -1.81. The quantitative estimate of drug-likeness (QED) is 0.492. The van der Waals surface area contributed by atoms with Crippen molar-refractivity contribution in [1.82, 2.24) is 0 Å². The van der Waals surface area contributed by atoms with Crippen LogP contribution in [0.5, 0.6) is 5.75 Å². The van der Waals surface area contributed by atoms with Crippen LogP contribution < -0.4 is 15.4 Å². The zero-order valence-electron chi connectivity index (χ0n) is 13.3. The molecule has 130 valence electrons. The first-order valence-corrected chi connectivity index (χ1v) is 7.40. The lowest BCUT2D eigenvalue weighted by molar-refractivity contribution is -0.384. The summed E-state index contributed by atoms with van der Waals surface area (Å²) in [5.41, 5.74) is 1.13. The van der Waals surface area contributed by atoms with E-state index in [2.05, 4.69) is 10.6 Å². The Bertz CT molecular complexity index is 854. The van der Waals surface area contributed by atoms with Crippen molar-refractivity contribution in [2.45, 2.75) is 6.92 Å². The van der Waals surface area contributed by atoms with E-state index in [0.29, 0.717) is 10.7 Å². The van der Waals surface area contributed by atoms with Gasteiger partial charge in [0.05, 0.1) is 23.8 Å². The summed E-state index contributed by atoms with van der Waals surface area (Å²) < 4.78 is 5.00. The van der Waals surface area contributed by atoms with E-state index in [9.17, 15) is 19.7 Å². The second-order valence-corrected chi connectivity index (χ2v) is 5.42. The average molecular weight is 364 g/mol. The maximum atomic E-state index is 12.0. The number of nitrogens with one attached hydrogen (secondary N) is 2. The molecule has 0 spiro atoms. The van der Waals surface area contributed by atoms with Crippen LogP contribution in [0, 0.1) is 17.0 Å². The Labute approximate surface area is 147 Å². The van der Waals surface area contributed by atoms with E-state index in [4.69, 9.17) is 16.3 Å². The average Bonchev–Trinajstić information content (AvgIpc) is 2.58. The standard InChI is InChI=1S/C16H14ClN3O5/c1-9-3-4-10(7-12(9)17)18-15(21)16(22)19-13-6-5-11(20(23)24)8-14(13)25-2/h3-8H,1-2H3,(H,18,21)(H,19,22). The number of hydrogen-bond acceptors (Lipinski definition) is 5. The second kappa shape index (κ2) is 7.63. The number of aryl methyl sites for hydroxylation is 1. The van der Waals surface area contributed by atoms with Gasteiger partial charge >= 0.3 is 11.8 Å². The first-order chi connectivity index (χ1) is 11.8. The SMILES string of the molecule is COc1cc([N+](=O)[O-])ccc1NC(=O)C(=O)Nc1ccc(C)c(Cl)c1. The third-order valence-corrected chi connectivity index (χ3v) is 3.69. The van der Waals surface area contributed by atoms with Gasteiger partial charge in [-0.1, -0.05) is 17.7 Å². The minimum absolute atomic E-state index is 0.0636. The Kier molecular flexibility index (Phi) is 5.56. The van der Waals surface area contributed by atoms with Gasteiger partial charge in [-0.25, -0.2) is 0 Å². The number of nitro groups is 1. The van der Waals surface area contributed by atoms with Gasteiger partial charge < -0.3 is 15.4 Å². The second-order valence-electron chi connectivity index (χ2n) is 5.01. The minimum Gasteiger partial charge on any atom is -0.494 e. The van der Waals surface area contributed by atoms with Crippen LogP contribution in [-0.4, -0.2) is 23.8 Å². The number of carbonyl (C=O) groups is 2. The molecule has 25 heavy (non-hydrogen) atoms. The highest BCUT2D eigenvalue weighted by Crippen LogP contribution is 2.29. The first-order valence-electron chi connectivity index (χ1n) is 7.02. The maximum Gasteiger partial charge on any atom is 0.314 e. The predicted octanol–water partition coefficient (Wildman–Crippen LogP) is 3.14. The fraction of sp³-hybridized carbons (Fsp3) is 0.125. The number of anilines is 2. The van der Waals surface area contributed by atoms with Crippen molar-refractivity contribution in [1.29, 1.82) is 0 Å². The van der Waals surface area contributed by atoms with Gasteiger partial charge in [-0.15, -0.1) is 0 Å². The Morgan fingerprint density at radius 2 is 1.80 bits per heavy atom. The molecule has 2 aromatic rings. The lowest BCUT2D eigenvalue weighted by atomic mass is 10.2. The summed E-state index contributed by atoms with van der Waals surface area (Å²) >= 11 is 5.96. The van der Waals surface area contributed by atoms with Crippen LogP contribution in [0.4, 0.5) is 17.1 Å². The van der Waals surface area contributed by atoms with Gasteiger partial charge in [-0.05, 0) is 30.7 Å². The molecule has 0 aliphatic carbocycles. The van der Waals surface area contributed by atoms with Gasteiger partial charge in [0.2, 0.25) is 0 Å². The molecular formula is C16H14ClN3O5. The maximum absolute atomic E-state index is 12.0. The van der Waals surface area contributed by atoms with Crippen molar-refractivity contribution in [3.63, 3.8) is 0 Å². The zero-order valence-corrected chi connectivity index (χ0v) is 14.1.